The van der Waals surface area contributed by atoms with Crippen LogP contribution in [0.25, 0.3) is 11.0 Å². The normalized spacial score (nSPS) is 11.5. The fourth-order valence-corrected chi connectivity index (χ4v) is 2.57. The standard InChI is InChI=1S/C19H16F3NO3/c1-12-15-7-2-3-8-16(15)26-17(12)18(24)23-9-10-25-14-6-4-5-13(11-14)19(20,21)22/h2-8,11H,9-10H2,1H3,(H,23,24). The van der Waals surface area contributed by atoms with Crippen molar-refractivity contribution < 1.29 is 27.1 Å². The molecule has 3 aromatic rings. The second-order valence-corrected chi connectivity index (χ2v) is 5.68. The lowest BCUT2D eigenvalue weighted by molar-refractivity contribution is -0.137. The van der Waals surface area contributed by atoms with Gasteiger partial charge in [0.1, 0.15) is 17.9 Å². The average molecular weight is 363 g/mol. The molecule has 0 aliphatic rings. The second kappa shape index (κ2) is 7.11. The molecule has 4 nitrogen and oxygen atoms in total. The minimum atomic E-state index is -4.42. The Labute approximate surface area is 147 Å². The van der Waals surface area contributed by atoms with Gasteiger partial charge in [0, 0.05) is 10.9 Å². The number of hydrogen-bond donors (Lipinski definition) is 1. The summed E-state index contributed by atoms with van der Waals surface area (Å²) in [6, 6.07) is 11.9. The van der Waals surface area contributed by atoms with Crippen molar-refractivity contribution >= 4 is 16.9 Å². The van der Waals surface area contributed by atoms with Crippen LogP contribution in [-0.4, -0.2) is 19.1 Å². The Morgan fingerprint density at radius 2 is 1.92 bits per heavy atom. The number of hydrogen-bond acceptors (Lipinski definition) is 3. The van der Waals surface area contributed by atoms with Crippen molar-refractivity contribution in [3.05, 3.63) is 65.4 Å². The molecule has 0 fully saturated rings. The number of aryl methyl sites for hydroxylation is 1. The SMILES string of the molecule is Cc1c(C(=O)NCCOc2cccc(C(F)(F)F)c2)oc2ccccc12. The van der Waals surface area contributed by atoms with Gasteiger partial charge in [-0.15, -0.1) is 0 Å². The van der Waals surface area contributed by atoms with Gasteiger partial charge in [0.2, 0.25) is 0 Å². The number of para-hydroxylation sites is 1. The Hall–Kier alpha value is -2.96. The van der Waals surface area contributed by atoms with Crippen LogP contribution in [0.3, 0.4) is 0 Å². The van der Waals surface area contributed by atoms with Gasteiger partial charge in [0.15, 0.2) is 5.76 Å². The first kappa shape index (κ1) is 17.8. The lowest BCUT2D eigenvalue weighted by Gasteiger charge is -2.10. The molecule has 0 aliphatic carbocycles. The minimum absolute atomic E-state index is 0.0341. The third-order valence-corrected chi connectivity index (χ3v) is 3.87. The Balaban J connectivity index is 1.56. The van der Waals surface area contributed by atoms with Gasteiger partial charge < -0.3 is 14.5 Å². The van der Waals surface area contributed by atoms with Gasteiger partial charge in [0.25, 0.3) is 5.91 Å². The Morgan fingerprint density at radius 1 is 1.15 bits per heavy atom. The van der Waals surface area contributed by atoms with E-state index in [2.05, 4.69) is 5.32 Å². The van der Waals surface area contributed by atoms with Gasteiger partial charge in [-0.3, -0.25) is 4.79 Å². The highest BCUT2D eigenvalue weighted by molar-refractivity contribution is 5.98. The second-order valence-electron chi connectivity index (χ2n) is 5.68. The first-order valence-electron chi connectivity index (χ1n) is 7.92. The van der Waals surface area contributed by atoms with E-state index in [-0.39, 0.29) is 24.7 Å². The van der Waals surface area contributed by atoms with Gasteiger partial charge >= 0.3 is 6.18 Å². The number of amides is 1. The smallest absolute Gasteiger partial charge is 0.416 e. The van der Waals surface area contributed by atoms with Gasteiger partial charge in [-0.2, -0.15) is 13.2 Å². The molecule has 0 saturated carbocycles. The maximum atomic E-state index is 12.7. The van der Waals surface area contributed by atoms with Crippen LogP contribution in [0.4, 0.5) is 13.2 Å². The van der Waals surface area contributed by atoms with E-state index < -0.39 is 17.6 Å². The van der Waals surface area contributed by atoms with Gasteiger partial charge in [0.05, 0.1) is 12.1 Å². The molecule has 0 spiro atoms. The van der Waals surface area contributed by atoms with Gasteiger partial charge in [-0.1, -0.05) is 24.3 Å². The summed E-state index contributed by atoms with van der Waals surface area (Å²) in [5.74, 6) is -0.0920. The average Bonchev–Trinajstić information content (AvgIpc) is 2.95. The van der Waals surface area contributed by atoms with E-state index in [4.69, 9.17) is 9.15 Å². The molecule has 0 atom stereocenters. The first-order valence-corrected chi connectivity index (χ1v) is 7.92. The van der Waals surface area contributed by atoms with Gasteiger partial charge in [-0.25, -0.2) is 0 Å². The van der Waals surface area contributed by atoms with Crippen molar-refractivity contribution in [3.8, 4) is 5.75 Å². The van der Waals surface area contributed by atoms with E-state index in [1.54, 1.807) is 13.0 Å². The maximum absolute atomic E-state index is 12.7. The van der Waals surface area contributed by atoms with Crippen molar-refractivity contribution in [1.29, 1.82) is 0 Å². The molecule has 136 valence electrons. The molecule has 0 radical (unpaired) electrons. The fourth-order valence-electron chi connectivity index (χ4n) is 2.57. The van der Waals surface area contributed by atoms with Crippen molar-refractivity contribution in [2.24, 2.45) is 0 Å². The number of nitrogens with one attached hydrogen (secondary N) is 1. The zero-order valence-electron chi connectivity index (χ0n) is 13.9. The van der Waals surface area contributed by atoms with Crippen LogP contribution in [0.5, 0.6) is 5.75 Å². The molecule has 26 heavy (non-hydrogen) atoms. The summed E-state index contributed by atoms with van der Waals surface area (Å²) in [4.78, 5) is 12.2. The zero-order chi connectivity index (χ0) is 18.7. The summed E-state index contributed by atoms with van der Waals surface area (Å²) < 4.78 is 48.8. The number of carbonyl (C=O) groups excluding carboxylic acids is 1. The summed E-state index contributed by atoms with van der Waals surface area (Å²) in [6.45, 7) is 1.96. The molecule has 0 unspecified atom stereocenters. The molecule has 0 aliphatic heterocycles. The Kier molecular flexibility index (Phi) is 4.88. The van der Waals surface area contributed by atoms with E-state index >= 15 is 0 Å². The number of halogens is 3. The number of alkyl halides is 3. The molecule has 2 aromatic carbocycles. The molecule has 1 amide bonds. The largest absolute Gasteiger partial charge is 0.492 e. The highest BCUT2D eigenvalue weighted by atomic mass is 19.4. The summed E-state index contributed by atoms with van der Waals surface area (Å²) in [6.07, 6.45) is -4.42. The number of fused-ring (bicyclic) bond motifs is 1. The van der Waals surface area contributed by atoms with Crippen molar-refractivity contribution in [2.75, 3.05) is 13.2 Å². The van der Waals surface area contributed by atoms with Crippen molar-refractivity contribution in [1.82, 2.24) is 5.32 Å². The van der Waals surface area contributed by atoms with Crippen LogP contribution in [0, 0.1) is 6.92 Å². The maximum Gasteiger partial charge on any atom is 0.416 e. The van der Waals surface area contributed by atoms with E-state index in [0.717, 1.165) is 23.1 Å². The zero-order valence-corrected chi connectivity index (χ0v) is 13.9. The molecular weight excluding hydrogens is 347 g/mol. The van der Waals surface area contributed by atoms with Crippen molar-refractivity contribution in [3.63, 3.8) is 0 Å². The molecule has 1 aromatic heterocycles. The fraction of sp³-hybridized carbons (Fsp3) is 0.211. The lowest BCUT2D eigenvalue weighted by Crippen LogP contribution is -2.28. The number of benzene rings is 2. The molecular formula is C19H16F3NO3. The molecule has 1 N–H and O–H groups in total. The van der Waals surface area contributed by atoms with Crippen molar-refractivity contribution in [2.45, 2.75) is 13.1 Å². The van der Waals surface area contributed by atoms with Crippen LogP contribution in [-0.2, 0) is 6.18 Å². The Bertz CT molecular complexity index is 931. The molecule has 0 bridgehead atoms. The van der Waals surface area contributed by atoms with E-state index in [0.29, 0.717) is 5.58 Å². The Morgan fingerprint density at radius 3 is 2.65 bits per heavy atom. The lowest BCUT2D eigenvalue weighted by atomic mass is 10.1. The third-order valence-electron chi connectivity index (χ3n) is 3.87. The van der Waals surface area contributed by atoms with Crippen LogP contribution >= 0.6 is 0 Å². The number of carbonyl (C=O) groups is 1. The number of ether oxygens (including phenoxy) is 1. The summed E-state index contributed by atoms with van der Waals surface area (Å²) >= 11 is 0. The number of furan rings is 1. The summed E-state index contributed by atoms with van der Waals surface area (Å²) in [5.41, 5.74) is 0.573. The predicted molar refractivity (Wildman–Crippen MR) is 90.2 cm³/mol. The minimum Gasteiger partial charge on any atom is -0.492 e. The van der Waals surface area contributed by atoms with Gasteiger partial charge in [-0.05, 0) is 31.2 Å². The molecule has 1 heterocycles. The highest BCUT2D eigenvalue weighted by Crippen LogP contribution is 2.31. The summed E-state index contributed by atoms with van der Waals surface area (Å²) in [7, 11) is 0. The molecule has 7 heteroatoms. The highest BCUT2D eigenvalue weighted by Gasteiger charge is 2.30. The van der Waals surface area contributed by atoms with Crippen LogP contribution in [0.1, 0.15) is 21.7 Å². The first-order chi connectivity index (χ1) is 12.4. The van der Waals surface area contributed by atoms with E-state index in [9.17, 15) is 18.0 Å². The van der Waals surface area contributed by atoms with Crippen LogP contribution < -0.4 is 10.1 Å². The van der Waals surface area contributed by atoms with Crippen LogP contribution in [0.15, 0.2) is 52.9 Å². The molecule has 0 saturated heterocycles. The number of rotatable bonds is 5. The molecule has 3 rings (SSSR count). The summed E-state index contributed by atoms with van der Waals surface area (Å²) in [5, 5.41) is 3.50. The monoisotopic (exact) mass is 363 g/mol. The quantitative estimate of drug-likeness (QED) is 0.676. The van der Waals surface area contributed by atoms with E-state index in [1.165, 1.54) is 12.1 Å². The third kappa shape index (κ3) is 3.82. The van der Waals surface area contributed by atoms with Crippen LogP contribution in [0.2, 0.25) is 0 Å². The predicted octanol–water partition coefficient (Wildman–Crippen LogP) is 4.57. The van der Waals surface area contributed by atoms with E-state index in [1.807, 2.05) is 18.2 Å². The topological polar surface area (TPSA) is 51.5 Å².